The van der Waals surface area contributed by atoms with Gasteiger partial charge in [-0.05, 0) is 31.9 Å². The number of hydrogen-bond donors (Lipinski definition) is 1. The van der Waals surface area contributed by atoms with E-state index in [0.29, 0.717) is 18.2 Å². The molecule has 2 heterocycles. The van der Waals surface area contributed by atoms with E-state index in [9.17, 15) is 9.59 Å². The maximum Gasteiger partial charge on any atom is 0.237 e. The minimum Gasteiger partial charge on any atom is -0.324 e. The number of rotatable bonds is 6. The lowest BCUT2D eigenvalue weighted by Gasteiger charge is -2.27. The number of aromatic nitrogens is 3. The van der Waals surface area contributed by atoms with E-state index in [-0.39, 0.29) is 30.0 Å². The van der Waals surface area contributed by atoms with Gasteiger partial charge < -0.3 is 14.8 Å². The van der Waals surface area contributed by atoms with Crippen molar-refractivity contribution in [3.8, 4) is 0 Å². The summed E-state index contributed by atoms with van der Waals surface area (Å²) in [4.78, 5) is 27.2. The molecule has 31 heavy (non-hydrogen) atoms. The number of carbonyl (C=O) groups excluding carboxylic acids is 2. The lowest BCUT2D eigenvalue weighted by Crippen LogP contribution is -2.40. The number of nitrogens with one attached hydrogen (secondary N) is 1. The molecular formula is C23H29N5O2S. The summed E-state index contributed by atoms with van der Waals surface area (Å²) < 4.78 is 2.10. The number of hydrogen-bond acceptors (Lipinski definition) is 5. The molecule has 0 saturated heterocycles. The summed E-state index contributed by atoms with van der Waals surface area (Å²) in [5.74, 6) is 1.55. The molecule has 2 amide bonds. The molecule has 164 valence electrons. The summed E-state index contributed by atoms with van der Waals surface area (Å²) >= 11 is 1.40. The molecule has 4 rings (SSSR count). The number of thioether (sulfide) groups is 1. The van der Waals surface area contributed by atoms with Gasteiger partial charge in [-0.25, -0.2) is 0 Å². The third-order valence-electron chi connectivity index (χ3n) is 5.98. The molecule has 1 aromatic heterocycles. The fourth-order valence-corrected chi connectivity index (χ4v) is 5.35. The molecule has 1 aliphatic heterocycles. The SMILES string of the molecule is C=CCn1c(SCC(=O)N2c3ccccc3NC(=O)C[C@H]2C)nnc1C1CCCCC1. The van der Waals surface area contributed by atoms with Crippen molar-refractivity contribution >= 4 is 35.0 Å². The quantitative estimate of drug-likeness (QED) is 0.534. The Kier molecular flexibility index (Phi) is 6.75. The van der Waals surface area contributed by atoms with Gasteiger partial charge in [-0.3, -0.25) is 9.59 Å². The molecule has 0 unspecified atom stereocenters. The molecule has 1 aromatic carbocycles. The zero-order valence-electron chi connectivity index (χ0n) is 17.9. The average molecular weight is 440 g/mol. The minimum absolute atomic E-state index is 0.0474. The first kappa shape index (κ1) is 21.6. The van der Waals surface area contributed by atoms with Crippen molar-refractivity contribution < 1.29 is 9.59 Å². The molecular weight excluding hydrogens is 410 g/mol. The standard InChI is InChI=1S/C23H29N5O2S/c1-3-13-27-22(17-9-5-4-6-10-17)25-26-23(27)31-15-21(30)28-16(2)14-20(29)24-18-11-7-8-12-19(18)28/h3,7-8,11-12,16-17H,1,4-6,9-10,13-15H2,2H3,(H,24,29)/t16-/m1/s1. The summed E-state index contributed by atoms with van der Waals surface area (Å²) in [6.45, 7) is 6.43. The zero-order chi connectivity index (χ0) is 21.8. The van der Waals surface area contributed by atoms with Crippen LogP contribution in [0.25, 0.3) is 0 Å². The third kappa shape index (κ3) is 4.69. The number of allylic oxidation sites excluding steroid dienone is 1. The molecule has 7 nitrogen and oxygen atoms in total. The number of amides is 2. The van der Waals surface area contributed by atoms with Gasteiger partial charge in [-0.2, -0.15) is 0 Å². The Bertz CT molecular complexity index is 967. The number of para-hydroxylation sites is 2. The van der Waals surface area contributed by atoms with Crippen LogP contribution in [0.15, 0.2) is 42.1 Å². The second kappa shape index (κ2) is 9.68. The Labute approximate surface area is 187 Å². The topological polar surface area (TPSA) is 80.1 Å². The van der Waals surface area contributed by atoms with Crippen LogP contribution in [0.4, 0.5) is 11.4 Å². The van der Waals surface area contributed by atoms with Crippen LogP contribution in [0.1, 0.15) is 57.2 Å². The first-order valence-electron chi connectivity index (χ1n) is 11.0. The van der Waals surface area contributed by atoms with Crippen molar-refractivity contribution in [3.63, 3.8) is 0 Å². The summed E-state index contributed by atoms with van der Waals surface area (Å²) in [5.41, 5.74) is 1.41. The Morgan fingerprint density at radius 3 is 2.81 bits per heavy atom. The fraction of sp³-hybridized carbons (Fsp3) is 0.478. The highest BCUT2D eigenvalue weighted by Crippen LogP contribution is 2.34. The zero-order valence-corrected chi connectivity index (χ0v) is 18.7. The lowest BCUT2D eigenvalue weighted by atomic mass is 9.89. The van der Waals surface area contributed by atoms with Crippen molar-refractivity contribution in [1.82, 2.24) is 14.8 Å². The molecule has 1 atom stereocenters. The first-order valence-corrected chi connectivity index (χ1v) is 11.9. The van der Waals surface area contributed by atoms with Gasteiger partial charge in [0.1, 0.15) is 5.82 Å². The monoisotopic (exact) mass is 439 g/mol. The second-order valence-corrected chi connectivity index (χ2v) is 9.19. The average Bonchev–Trinajstić information content (AvgIpc) is 3.11. The van der Waals surface area contributed by atoms with E-state index >= 15 is 0 Å². The van der Waals surface area contributed by atoms with Crippen LogP contribution in [0.3, 0.4) is 0 Å². The number of anilines is 2. The van der Waals surface area contributed by atoms with E-state index in [4.69, 9.17) is 0 Å². The van der Waals surface area contributed by atoms with Gasteiger partial charge in [-0.1, -0.05) is 49.2 Å². The summed E-state index contributed by atoms with van der Waals surface area (Å²) in [6.07, 6.45) is 8.14. The molecule has 0 bridgehead atoms. The highest BCUT2D eigenvalue weighted by Gasteiger charge is 2.30. The number of carbonyl (C=O) groups is 2. The Hall–Kier alpha value is -2.61. The van der Waals surface area contributed by atoms with Crippen molar-refractivity contribution in [2.75, 3.05) is 16.0 Å². The van der Waals surface area contributed by atoms with Crippen molar-refractivity contribution in [3.05, 3.63) is 42.7 Å². The third-order valence-corrected chi connectivity index (χ3v) is 6.93. The fourth-order valence-electron chi connectivity index (χ4n) is 4.53. The Balaban J connectivity index is 1.52. The molecule has 1 N–H and O–H groups in total. The Morgan fingerprint density at radius 2 is 2.03 bits per heavy atom. The summed E-state index contributed by atoms with van der Waals surface area (Å²) in [6, 6.07) is 7.22. The number of benzene rings is 1. The van der Waals surface area contributed by atoms with E-state index in [1.54, 1.807) is 4.90 Å². The number of fused-ring (bicyclic) bond motifs is 1. The van der Waals surface area contributed by atoms with Crippen LogP contribution in [-0.4, -0.2) is 38.4 Å². The Morgan fingerprint density at radius 1 is 1.26 bits per heavy atom. The molecule has 1 fully saturated rings. The van der Waals surface area contributed by atoms with Crippen LogP contribution >= 0.6 is 11.8 Å². The van der Waals surface area contributed by atoms with Crippen LogP contribution in [0, 0.1) is 0 Å². The predicted octanol–water partition coefficient (Wildman–Crippen LogP) is 4.37. The van der Waals surface area contributed by atoms with E-state index in [0.717, 1.165) is 29.5 Å². The van der Waals surface area contributed by atoms with Crippen LogP contribution < -0.4 is 10.2 Å². The van der Waals surface area contributed by atoms with E-state index in [1.807, 2.05) is 37.3 Å². The molecule has 2 aliphatic rings. The lowest BCUT2D eigenvalue weighted by molar-refractivity contribution is -0.117. The van der Waals surface area contributed by atoms with Gasteiger partial charge in [0.15, 0.2) is 5.16 Å². The molecule has 2 aromatic rings. The second-order valence-electron chi connectivity index (χ2n) is 8.25. The van der Waals surface area contributed by atoms with Gasteiger partial charge in [0.25, 0.3) is 0 Å². The largest absolute Gasteiger partial charge is 0.324 e. The normalized spacial score (nSPS) is 19.5. The van der Waals surface area contributed by atoms with E-state index in [2.05, 4.69) is 26.7 Å². The van der Waals surface area contributed by atoms with Crippen molar-refractivity contribution in [2.24, 2.45) is 0 Å². The molecule has 1 aliphatic carbocycles. The van der Waals surface area contributed by atoms with Crippen LogP contribution in [-0.2, 0) is 16.1 Å². The summed E-state index contributed by atoms with van der Waals surface area (Å²) in [5, 5.41) is 12.6. The maximum atomic E-state index is 13.3. The highest BCUT2D eigenvalue weighted by atomic mass is 32.2. The van der Waals surface area contributed by atoms with E-state index < -0.39 is 0 Å². The van der Waals surface area contributed by atoms with Gasteiger partial charge >= 0.3 is 0 Å². The first-order chi connectivity index (χ1) is 15.1. The van der Waals surface area contributed by atoms with Crippen molar-refractivity contribution in [1.29, 1.82) is 0 Å². The smallest absolute Gasteiger partial charge is 0.237 e. The number of nitrogens with zero attached hydrogens (tertiary/aromatic N) is 4. The van der Waals surface area contributed by atoms with Gasteiger partial charge in [0.05, 0.1) is 17.1 Å². The molecule has 1 saturated carbocycles. The molecule has 0 radical (unpaired) electrons. The van der Waals surface area contributed by atoms with Crippen LogP contribution in [0.2, 0.25) is 0 Å². The highest BCUT2D eigenvalue weighted by molar-refractivity contribution is 7.99. The van der Waals surface area contributed by atoms with Gasteiger partial charge in [0, 0.05) is 24.9 Å². The predicted molar refractivity (Wildman–Crippen MR) is 123 cm³/mol. The van der Waals surface area contributed by atoms with Crippen molar-refractivity contribution in [2.45, 2.75) is 69.1 Å². The molecule has 8 heteroatoms. The summed E-state index contributed by atoms with van der Waals surface area (Å²) in [7, 11) is 0. The maximum absolute atomic E-state index is 13.3. The molecule has 0 spiro atoms. The van der Waals surface area contributed by atoms with E-state index in [1.165, 1.54) is 31.0 Å². The minimum atomic E-state index is -0.222. The van der Waals surface area contributed by atoms with Gasteiger partial charge in [-0.15, -0.1) is 16.8 Å². The van der Waals surface area contributed by atoms with Gasteiger partial charge in [0.2, 0.25) is 11.8 Å². The van der Waals surface area contributed by atoms with Crippen LogP contribution in [0.5, 0.6) is 0 Å².